The van der Waals surface area contributed by atoms with Crippen LogP contribution in [0.3, 0.4) is 0 Å². The van der Waals surface area contributed by atoms with Crippen molar-refractivity contribution in [2.75, 3.05) is 25.5 Å². The quantitative estimate of drug-likeness (QED) is 0.468. The van der Waals surface area contributed by atoms with Crippen molar-refractivity contribution in [2.45, 2.75) is 0 Å². The van der Waals surface area contributed by atoms with Crippen molar-refractivity contribution in [1.82, 2.24) is 15.3 Å². The number of nitro benzene ring substituents is 1. The first-order valence-electron chi connectivity index (χ1n) is 5.50. The minimum Gasteiger partial charge on any atom is -0.368 e. The van der Waals surface area contributed by atoms with Crippen LogP contribution in [0.2, 0.25) is 0 Å². The maximum atomic E-state index is 10.8. The van der Waals surface area contributed by atoms with Crippen LogP contribution in [-0.4, -0.2) is 35.0 Å². The van der Waals surface area contributed by atoms with Gasteiger partial charge in [-0.2, -0.15) is 0 Å². The second-order valence-corrected chi connectivity index (χ2v) is 3.71. The predicted octanol–water partition coefficient (Wildman–Crippen LogP) is 1.17. The van der Waals surface area contributed by atoms with Crippen LogP contribution in [0.1, 0.15) is 0 Å². The molecule has 2 aromatic rings. The fraction of sp³-hybridized carbons (Fsp3) is 0.273. The summed E-state index contributed by atoms with van der Waals surface area (Å²) in [5.41, 5.74) is 0.719. The summed E-state index contributed by atoms with van der Waals surface area (Å²) in [7, 11) is 1.85. The van der Waals surface area contributed by atoms with Crippen molar-refractivity contribution in [3.63, 3.8) is 0 Å². The van der Waals surface area contributed by atoms with Crippen LogP contribution in [0.4, 0.5) is 11.5 Å². The number of nitrogens with one attached hydrogen (secondary N) is 2. The third-order valence-corrected chi connectivity index (χ3v) is 2.50. The van der Waals surface area contributed by atoms with Gasteiger partial charge in [-0.15, -0.1) is 0 Å². The molecule has 18 heavy (non-hydrogen) atoms. The van der Waals surface area contributed by atoms with Gasteiger partial charge in [-0.05, 0) is 13.1 Å². The average molecular weight is 247 g/mol. The summed E-state index contributed by atoms with van der Waals surface area (Å²) in [6.07, 6.45) is 1.44. The van der Waals surface area contributed by atoms with Gasteiger partial charge in [-0.3, -0.25) is 10.1 Å². The van der Waals surface area contributed by atoms with E-state index in [4.69, 9.17) is 0 Å². The van der Waals surface area contributed by atoms with Gasteiger partial charge in [0.1, 0.15) is 12.1 Å². The van der Waals surface area contributed by atoms with E-state index >= 15 is 0 Å². The maximum absolute atomic E-state index is 10.8. The van der Waals surface area contributed by atoms with Gasteiger partial charge in [0.2, 0.25) is 0 Å². The number of likely N-dealkylation sites (N-methyl/N-ethyl adjacent to an activating group) is 1. The lowest BCUT2D eigenvalue weighted by Gasteiger charge is -2.07. The van der Waals surface area contributed by atoms with Crippen LogP contribution in [0.25, 0.3) is 10.9 Å². The van der Waals surface area contributed by atoms with Crippen LogP contribution < -0.4 is 10.6 Å². The molecule has 0 unspecified atom stereocenters. The lowest BCUT2D eigenvalue weighted by molar-refractivity contribution is -0.384. The van der Waals surface area contributed by atoms with Crippen LogP contribution in [0.5, 0.6) is 0 Å². The Balaban J connectivity index is 2.39. The summed E-state index contributed by atoms with van der Waals surface area (Å²) in [5.74, 6) is 0.610. The summed E-state index contributed by atoms with van der Waals surface area (Å²) in [6.45, 7) is 1.46. The van der Waals surface area contributed by atoms with E-state index in [0.29, 0.717) is 23.3 Å². The summed E-state index contributed by atoms with van der Waals surface area (Å²) in [5, 5.41) is 17.5. The Morgan fingerprint density at radius 2 is 2.17 bits per heavy atom. The molecule has 0 saturated heterocycles. The van der Waals surface area contributed by atoms with Gasteiger partial charge < -0.3 is 10.6 Å². The molecule has 0 aliphatic heterocycles. The number of benzene rings is 1. The molecule has 7 nitrogen and oxygen atoms in total. The van der Waals surface area contributed by atoms with E-state index in [0.717, 1.165) is 6.54 Å². The van der Waals surface area contributed by atoms with E-state index < -0.39 is 4.92 Å². The monoisotopic (exact) mass is 247 g/mol. The number of fused-ring (bicyclic) bond motifs is 1. The highest BCUT2D eigenvalue weighted by atomic mass is 16.6. The Hall–Kier alpha value is -2.28. The highest BCUT2D eigenvalue weighted by Crippen LogP contribution is 2.23. The first-order chi connectivity index (χ1) is 8.72. The fourth-order valence-electron chi connectivity index (χ4n) is 1.60. The van der Waals surface area contributed by atoms with Crippen LogP contribution >= 0.6 is 0 Å². The number of rotatable bonds is 5. The minimum atomic E-state index is -0.427. The Labute approximate surface area is 103 Å². The van der Waals surface area contributed by atoms with E-state index in [9.17, 15) is 10.1 Å². The first-order valence-corrected chi connectivity index (χ1v) is 5.50. The van der Waals surface area contributed by atoms with Gasteiger partial charge in [-0.25, -0.2) is 9.97 Å². The van der Waals surface area contributed by atoms with E-state index in [1.807, 2.05) is 7.05 Å². The molecule has 0 aliphatic carbocycles. The van der Waals surface area contributed by atoms with Gasteiger partial charge in [0.15, 0.2) is 0 Å². The maximum Gasteiger partial charge on any atom is 0.270 e. The van der Waals surface area contributed by atoms with Crippen LogP contribution in [-0.2, 0) is 0 Å². The Bertz CT molecular complexity index is 572. The molecule has 0 atom stereocenters. The van der Waals surface area contributed by atoms with E-state index in [1.165, 1.54) is 18.5 Å². The Morgan fingerprint density at radius 3 is 2.89 bits per heavy atom. The van der Waals surface area contributed by atoms with E-state index in [1.54, 1.807) is 6.07 Å². The normalized spacial score (nSPS) is 10.5. The second kappa shape index (κ2) is 5.37. The molecule has 0 amide bonds. The lowest BCUT2D eigenvalue weighted by atomic mass is 10.2. The molecule has 1 aromatic heterocycles. The summed E-state index contributed by atoms with van der Waals surface area (Å²) < 4.78 is 0. The topological polar surface area (TPSA) is 93.0 Å². The molecule has 0 fully saturated rings. The molecule has 0 radical (unpaired) electrons. The summed E-state index contributed by atoms with van der Waals surface area (Å²) in [4.78, 5) is 18.5. The number of nitrogens with zero attached hydrogens (tertiary/aromatic N) is 3. The first kappa shape index (κ1) is 12.2. The number of anilines is 1. The molecule has 2 rings (SSSR count). The number of hydrogen-bond donors (Lipinski definition) is 2. The molecule has 94 valence electrons. The SMILES string of the molecule is CNCCNc1ncnc2ccc([N+](=O)[O-])cc12. The molecule has 0 aliphatic rings. The fourth-order valence-corrected chi connectivity index (χ4v) is 1.60. The molecule has 0 spiro atoms. The van der Waals surface area contributed by atoms with Crippen molar-refractivity contribution in [1.29, 1.82) is 0 Å². The molecule has 2 N–H and O–H groups in total. The highest BCUT2D eigenvalue weighted by molar-refractivity contribution is 5.90. The molecule has 1 heterocycles. The van der Waals surface area contributed by atoms with Gasteiger partial charge in [0, 0.05) is 30.6 Å². The largest absolute Gasteiger partial charge is 0.368 e. The van der Waals surface area contributed by atoms with E-state index in [-0.39, 0.29) is 5.69 Å². The molecule has 0 bridgehead atoms. The number of nitro groups is 1. The highest BCUT2D eigenvalue weighted by Gasteiger charge is 2.10. The minimum absolute atomic E-state index is 0.0361. The van der Waals surface area contributed by atoms with Gasteiger partial charge in [0.05, 0.1) is 10.4 Å². The van der Waals surface area contributed by atoms with Crippen molar-refractivity contribution >= 4 is 22.4 Å². The molecule has 7 heteroatoms. The van der Waals surface area contributed by atoms with Gasteiger partial charge >= 0.3 is 0 Å². The van der Waals surface area contributed by atoms with Crippen molar-refractivity contribution in [3.05, 3.63) is 34.6 Å². The third-order valence-electron chi connectivity index (χ3n) is 2.50. The van der Waals surface area contributed by atoms with Gasteiger partial charge in [0.25, 0.3) is 5.69 Å². The molecule has 1 aromatic carbocycles. The molecular formula is C11H13N5O2. The van der Waals surface area contributed by atoms with Crippen LogP contribution in [0, 0.1) is 10.1 Å². The average Bonchev–Trinajstić information content (AvgIpc) is 2.38. The van der Waals surface area contributed by atoms with Crippen molar-refractivity contribution in [3.8, 4) is 0 Å². The molecule has 0 saturated carbocycles. The zero-order chi connectivity index (χ0) is 13.0. The van der Waals surface area contributed by atoms with E-state index in [2.05, 4.69) is 20.6 Å². The van der Waals surface area contributed by atoms with Crippen molar-refractivity contribution in [2.24, 2.45) is 0 Å². The van der Waals surface area contributed by atoms with Crippen LogP contribution in [0.15, 0.2) is 24.5 Å². The Kier molecular flexibility index (Phi) is 3.63. The smallest absolute Gasteiger partial charge is 0.270 e. The molecular weight excluding hydrogens is 234 g/mol. The lowest BCUT2D eigenvalue weighted by Crippen LogP contribution is -2.18. The number of non-ortho nitro benzene ring substituents is 1. The Morgan fingerprint density at radius 1 is 1.33 bits per heavy atom. The van der Waals surface area contributed by atoms with Crippen molar-refractivity contribution < 1.29 is 4.92 Å². The summed E-state index contributed by atoms with van der Waals surface area (Å²) in [6, 6.07) is 4.54. The zero-order valence-corrected chi connectivity index (χ0v) is 9.88. The third kappa shape index (κ3) is 2.51. The number of aromatic nitrogens is 2. The predicted molar refractivity (Wildman–Crippen MR) is 68.6 cm³/mol. The van der Waals surface area contributed by atoms with Gasteiger partial charge in [-0.1, -0.05) is 0 Å². The standard InChI is InChI=1S/C11H13N5O2/c1-12-4-5-13-11-9-6-8(16(17)18)2-3-10(9)14-7-15-11/h2-3,6-7,12H,4-5H2,1H3,(H,13,14,15). The summed E-state index contributed by atoms with van der Waals surface area (Å²) >= 11 is 0. The zero-order valence-electron chi connectivity index (χ0n) is 9.88. The second-order valence-electron chi connectivity index (χ2n) is 3.71. The number of hydrogen-bond acceptors (Lipinski definition) is 6.